The normalized spacial score (nSPS) is 10.8. The molecule has 0 aromatic heterocycles. The third kappa shape index (κ3) is 2.74. The average Bonchev–Trinajstić information content (AvgIpc) is 2.01. The third-order valence-electron chi connectivity index (χ3n) is 1.61. The van der Waals surface area contributed by atoms with Crippen molar-refractivity contribution in [3.63, 3.8) is 0 Å². The fourth-order valence-electron chi connectivity index (χ4n) is 1.12. The smallest absolute Gasteiger partial charge is 0.143 e. The molecule has 1 aromatic rings. The van der Waals surface area contributed by atoms with Gasteiger partial charge in [0.2, 0.25) is 0 Å². The number of benzene rings is 1. The highest BCUT2D eigenvalue weighted by molar-refractivity contribution is 5.49. The molecule has 0 unspecified atom stereocenters. The van der Waals surface area contributed by atoms with Crippen LogP contribution in [0.5, 0.6) is 0 Å². The van der Waals surface area contributed by atoms with Gasteiger partial charge in [-0.3, -0.25) is 0 Å². The van der Waals surface area contributed by atoms with E-state index in [-0.39, 0.29) is 11.1 Å². The number of rotatable bonds is 1. The van der Waals surface area contributed by atoms with E-state index in [0.717, 1.165) is 0 Å². The first-order valence-corrected chi connectivity index (χ1v) is 4.40. The van der Waals surface area contributed by atoms with Crippen LogP contribution in [0.1, 0.15) is 26.3 Å². The van der Waals surface area contributed by atoms with Crippen LogP contribution in [-0.2, 0) is 0 Å². The van der Waals surface area contributed by atoms with Crippen molar-refractivity contribution >= 4 is 5.69 Å². The highest BCUT2D eigenvalue weighted by atomic mass is 19.1. The summed E-state index contributed by atoms with van der Waals surface area (Å²) in [5.41, 5.74) is 0.652. The van der Waals surface area contributed by atoms with Crippen LogP contribution in [0.3, 0.4) is 0 Å². The second-order valence-corrected chi connectivity index (χ2v) is 4.18. The summed E-state index contributed by atoms with van der Waals surface area (Å²) in [6.07, 6.45) is 0. The lowest BCUT2D eigenvalue weighted by Crippen LogP contribution is -2.26. The standard InChI is InChI=1S/C11H13FN2/c1-11(2,3)14-9-5-4-8(7-13)10(12)6-9/h4-6,14H,1-3H3. The van der Waals surface area contributed by atoms with Gasteiger partial charge in [0.1, 0.15) is 11.9 Å². The number of hydrogen-bond donors (Lipinski definition) is 1. The van der Waals surface area contributed by atoms with Crippen LogP contribution in [-0.4, -0.2) is 5.54 Å². The molecular formula is C11H13FN2. The highest BCUT2D eigenvalue weighted by Gasteiger charge is 2.10. The lowest BCUT2D eigenvalue weighted by atomic mass is 10.1. The largest absolute Gasteiger partial charge is 0.380 e. The molecule has 0 atom stereocenters. The Morgan fingerprint density at radius 1 is 1.36 bits per heavy atom. The Labute approximate surface area is 83.4 Å². The van der Waals surface area contributed by atoms with Crippen LogP contribution < -0.4 is 5.32 Å². The molecule has 0 aliphatic heterocycles. The SMILES string of the molecule is CC(C)(C)Nc1ccc(C#N)c(F)c1. The van der Waals surface area contributed by atoms with Crippen LogP contribution in [0.15, 0.2) is 18.2 Å². The fraction of sp³-hybridized carbons (Fsp3) is 0.364. The summed E-state index contributed by atoms with van der Waals surface area (Å²) in [7, 11) is 0. The summed E-state index contributed by atoms with van der Waals surface area (Å²) in [4.78, 5) is 0. The molecule has 0 saturated carbocycles. The van der Waals surface area contributed by atoms with Gasteiger partial charge in [-0.1, -0.05) is 0 Å². The van der Waals surface area contributed by atoms with E-state index in [1.165, 1.54) is 12.1 Å². The lowest BCUT2D eigenvalue weighted by Gasteiger charge is -2.22. The number of anilines is 1. The monoisotopic (exact) mass is 192 g/mol. The summed E-state index contributed by atoms with van der Waals surface area (Å²) in [5, 5.41) is 11.7. The lowest BCUT2D eigenvalue weighted by molar-refractivity contribution is 0.616. The van der Waals surface area contributed by atoms with Gasteiger partial charge in [0.25, 0.3) is 0 Å². The molecule has 2 nitrogen and oxygen atoms in total. The molecule has 0 saturated heterocycles. The summed E-state index contributed by atoms with van der Waals surface area (Å²) in [6, 6.07) is 6.30. The zero-order valence-corrected chi connectivity index (χ0v) is 8.56. The van der Waals surface area contributed by atoms with Gasteiger partial charge in [0.15, 0.2) is 0 Å². The molecule has 0 bridgehead atoms. The van der Waals surface area contributed by atoms with Crippen molar-refractivity contribution in [3.05, 3.63) is 29.6 Å². The van der Waals surface area contributed by atoms with Crippen LogP contribution in [0, 0.1) is 17.1 Å². The van der Waals surface area contributed by atoms with Crippen LogP contribution in [0.25, 0.3) is 0 Å². The zero-order valence-electron chi connectivity index (χ0n) is 8.56. The van der Waals surface area contributed by atoms with Crippen LogP contribution >= 0.6 is 0 Å². The predicted molar refractivity (Wildman–Crippen MR) is 54.5 cm³/mol. The molecule has 0 heterocycles. The van der Waals surface area contributed by atoms with Crippen molar-refractivity contribution in [1.82, 2.24) is 0 Å². The van der Waals surface area contributed by atoms with Crippen LogP contribution in [0.4, 0.5) is 10.1 Å². The molecule has 0 aliphatic rings. The Bertz CT molecular complexity index is 372. The zero-order chi connectivity index (χ0) is 10.8. The quantitative estimate of drug-likeness (QED) is 0.742. The first kappa shape index (κ1) is 10.5. The number of nitrogens with zero attached hydrogens (tertiary/aromatic N) is 1. The second kappa shape index (κ2) is 3.67. The molecular weight excluding hydrogens is 179 g/mol. The summed E-state index contributed by atoms with van der Waals surface area (Å²) in [5.74, 6) is -0.484. The molecule has 0 fully saturated rings. The molecule has 3 heteroatoms. The predicted octanol–water partition coefficient (Wildman–Crippen LogP) is 2.91. The minimum Gasteiger partial charge on any atom is -0.380 e. The second-order valence-electron chi connectivity index (χ2n) is 4.18. The van der Waals surface area contributed by atoms with E-state index in [2.05, 4.69) is 5.32 Å². The Kier molecular flexibility index (Phi) is 2.76. The molecule has 1 N–H and O–H groups in total. The number of nitriles is 1. The maximum Gasteiger partial charge on any atom is 0.143 e. The Morgan fingerprint density at radius 3 is 2.43 bits per heavy atom. The summed E-state index contributed by atoms with van der Waals surface area (Å²) >= 11 is 0. The van der Waals surface area contributed by atoms with Crippen molar-refractivity contribution in [3.8, 4) is 6.07 Å². The maximum absolute atomic E-state index is 13.2. The van der Waals surface area contributed by atoms with Gasteiger partial charge in [-0.25, -0.2) is 4.39 Å². The van der Waals surface area contributed by atoms with E-state index in [4.69, 9.17) is 5.26 Å². The first-order valence-electron chi connectivity index (χ1n) is 4.40. The molecule has 0 amide bonds. The number of halogens is 1. The van der Waals surface area contributed by atoms with Gasteiger partial charge in [-0.15, -0.1) is 0 Å². The van der Waals surface area contributed by atoms with Gasteiger partial charge < -0.3 is 5.32 Å². The Morgan fingerprint density at radius 2 is 2.00 bits per heavy atom. The first-order chi connectivity index (χ1) is 6.42. The Balaban J connectivity index is 2.94. The van der Waals surface area contributed by atoms with Gasteiger partial charge in [0, 0.05) is 11.2 Å². The fourth-order valence-corrected chi connectivity index (χ4v) is 1.12. The van der Waals surface area contributed by atoms with Crippen molar-refractivity contribution < 1.29 is 4.39 Å². The van der Waals surface area contributed by atoms with Crippen LogP contribution in [0.2, 0.25) is 0 Å². The third-order valence-corrected chi connectivity index (χ3v) is 1.61. The van der Waals surface area contributed by atoms with Crippen molar-refractivity contribution in [2.75, 3.05) is 5.32 Å². The number of nitrogens with one attached hydrogen (secondary N) is 1. The molecule has 74 valence electrons. The van der Waals surface area contributed by atoms with Gasteiger partial charge in [0.05, 0.1) is 5.56 Å². The van der Waals surface area contributed by atoms with Crippen molar-refractivity contribution in [2.45, 2.75) is 26.3 Å². The van der Waals surface area contributed by atoms with E-state index < -0.39 is 5.82 Å². The molecule has 0 radical (unpaired) electrons. The van der Waals surface area contributed by atoms with E-state index >= 15 is 0 Å². The minimum atomic E-state index is -0.484. The van der Waals surface area contributed by atoms with E-state index in [1.54, 1.807) is 12.1 Å². The molecule has 0 aliphatic carbocycles. The van der Waals surface area contributed by atoms with Gasteiger partial charge in [-0.2, -0.15) is 5.26 Å². The van der Waals surface area contributed by atoms with Gasteiger partial charge >= 0.3 is 0 Å². The summed E-state index contributed by atoms with van der Waals surface area (Å²) < 4.78 is 13.2. The molecule has 1 aromatic carbocycles. The molecule has 14 heavy (non-hydrogen) atoms. The highest BCUT2D eigenvalue weighted by Crippen LogP contribution is 2.17. The van der Waals surface area contributed by atoms with E-state index in [1.807, 2.05) is 20.8 Å². The van der Waals surface area contributed by atoms with Crippen molar-refractivity contribution in [1.29, 1.82) is 5.26 Å². The topological polar surface area (TPSA) is 35.8 Å². The van der Waals surface area contributed by atoms with Crippen molar-refractivity contribution in [2.24, 2.45) is 0 Å². The molecule has 1 rings (SSSR count). The number of hydrogen-bond acceptors (Lipinski definition) is 2. The maximum atomic E-state index is 13.2. The van der Waals surface area contributed by atoms with E-state index in [9.17, 15) is 4.39 Å². The Hall–Kier alpha value is -1.56. The van der Waals surface area contributed by atoms with Gasteiger partial charge in [-0.05, 0) is 39.0 Å². The molecule has 0 spiro atoms. The van der Waals surface area contributed by atoms with E-state index in [0.29, 0.717) is 5.69 Å². The summed E-state index contributed by atoms with van der Waals surface area (Å²) in [6.45, 7) is 5.97. The average molecular weight is 192 g/mol. The minimum absolute atomic E-state index is 0.0736.